The van der Waals surface area contributed by atoms with Crippen LogP contribution in [-0.2, 0) is 11.3 Å². The molecule has 2 aliphatic heterocycles. The Morgan fingerprint density at radius 2 is 1.83 bits per heavy atom. The zero-order valence-electron chi connectivity index (χ0n) is 18.6. The number of nitrogens with one attached hydrogen (secondary N) is 2. The van der Waals surface area contributed by atoms with Crippen LogP contribution in [0.15, 0.2) is 30.5 Å². The smallest absolute Gasteiger partial charge is 0.371 e. The minimum absolute atomic E-state index is 0.0568. The van der Waals surface area contributed by atoms with Crippen LogP contribution in [0.2, 0.25) is 0 Å². The Balaban J connectivity index is 1.50. The summed E-state index contributed by atoms with van der Waals surface area (Å²) in [5.41, 5.74) is 1.10. The van der Waals surface area contributed by atoms with E-state index in [0.717, 1.165) is 17.5 Å². The Kier molecular flexibility index (Phi) is 6.17. The number of ether oxygens (including phenoxy) is 1. The molecule has 3 aromatic rings. The molecule has 2 fully saturated rings. The topological polar surface area (TPSA) is 97.2 Å². The lowest BCUT2D eigenvalue weighted by Crippen LogP contribution is -2.43. The predicted octanol–water partition coefficient (Wildman–Crippen LogP) is 3.51. The lowest BCUT2D eigenvalue weighted by Gasteiger charge is -2.33. The number of rotatable bonds is 6. The van der Waals surface area contributed by atoms with Crippen LogP contribution in [0.5, 0.6) is 0 Å². The van der Waals surface area contributed by atoms with E-state index in [1.165, 1.54) is 6.20 Å². The van der Waals surface area contributed by atoms with Crippen LogP contribution in [0.3, 0.4) is 0 Å². The highest BCUT2D eigenvalue weighted by molar-refractivity contribution is 5.90. The zero-order chi connectivity index (χ0) is 24.6. The maximum absolute atomic E-state index is 13.2. The van der Waals surface area contributed by atoms with E-state index in [1.54, 1.807) is 24.3 Å². The number of carbonyl (C=O) groups is 1. The summed E-state index contributed by atoms with van der Waals surface area (Å²) in [6, 6.07) is 5.99. The van der Waals surface area contributed by atoms with Crippen LogP contribution < -0.4 is 15.5 Å². The molecule has 0 radical (unpaired) electrons. The van der Waals surface area contributed by atoms with E-state index >= 15 is 0 Å². The third-order valence-corrected chi connectivity index (χ3v) is 5.93. The molecule has 13 heteroatoms. The third-order valence-electron chi connectivity index (χ3n) is 5.93. The van der Waals surface area contributed by atoms with Crippen molar-refractivity contribution >= 4 is 28.6 Å². The van der Waals surface area contributed by atoms with Crippen LogP contribution in [0.1, 0.15) is 12.8 Å². The van der Waals surface area contributed by atoms with Crippen molar-refractivity contribution in [2.24, 2.45) is 0 Å². The van der Waals surface area contributed by atoms with Gasteiger partial charge in [-0.15, -0.1) is 0 Å². The van der Waals surface area contributed by atoms with Crippen LogP contribution in [-0.4, -0.2) is 70.5 Å². The molecule has 2 amide bonds. The fraction of sp³-hybridized carbons (Fsp3) is 0.455. The van der Waals surface area contributed by atoms with E-state index in [0.29, 0.717) is 35.5 Å². The minimum Gasteiger partial charge on any atom is -0.371 e. The molecule has 5 rings (SSSR count). The molecule has 2 aromatic heterocycles. The molecule has 2 N–H and O–H groups in total. The van der Waals surface area contributed by atoms with Gasteiger partial charge in [0, 0.05) is 30.9 Å². The van der Waals surface area contributed by atoms with Crippen molar-refractivity contribution in [3.8, 4) is 11.4 Å². The van der Waals surface area contributed by atoms with Crippen molar-refractivity contribution < 1.29 is 27.1 Å². The van der Waals surface area contributed by atoms with Crippen molar-refractivity contribution in [1.29, 1.82) is 0 Å². The minimum atomic E-state index is -4.46. The number of morpholine rings is 1. The first-order chi connectivity index (χ1) is 16.8. The third kappa shape index (κ3) is 5.14. The summed E-state index contributed by atoms with van der Waals surface area (Å²) < 4.78 is 58.5. The number of aromatic nitrogens is 4. The summed E-state index contributed by atoms with van der Waals surface area (Å²) in [4.78, 5) is 22.9. The van der Waals surface area contributed by atoms with Crippen LogP contribution in [0.4, 0.5) is 33.9 Å². The molecule has 2 aliphatic rings. The molecule has 1 aromatic carbocycles. The number of hydrogen-bond donors (Lipinski definition) is 2. The zero-order valence-corrected chi connectivity index (χ0v) is 18.6. The Morgan fingerprint density at radius 3 is 2.49 bits per heavy atom. The molecular weight excluding hydrogens is 470 g/mol. The molecule has 2 unspecified atom stereocenters. The summed E-state index contributed by atoms with van der Waals surface area (Å²) in [6.45, 7) is -0.871. The highest BCUT2D eigenvalue weighted by atomic mass is 19.4. The van der Waals surface area contributed by atoms with Gasteiger partial charge in [-0.1, -0.05) is 0 Å². The quantitative estimate of drug-likeness (QED) is 0.510. The number of alkyl halides is 4. The number of amides is 2. The van der Waals surface area contributed by atoms with Crippen molar-refractivity contribution in [2.75, 3.05) is 36.5 Å². The lowest BCUT2D eigenvalue weighted by molar-refractivity contribution is -0.141. The van der Waals surface area contributed by atoms with Crippen LogP contribution in [0.25, 0.3) is 22.4 Å². The predicted molar refractivity (Wildman–Crippen MR) is 120 cm³/mol. The fourth-order valence-electron chi connectivity index (χ4n) is 4.42. The molecule has 4 heterocycles. The first-order valence-corrected chi connectivity index (χ1v) is 11.2. The first-order valence-electron chi connectivity index (χ1n) is 11.2. The van der Waals surface area contributed by atoms with Crippen LogP contribution >= 0.6 is 0 Å². The number of halogens is 4. The second kappa shape index (κ2) is 9.29. The van der Waals surface area contributed by atoms with Gasteiger partial charge >= 0.3 is 12.2 Å². The highest BCUT2D eigenvalue weighted by Crippen LogP contribution is 2.34. The number of hydrogen-bond acceptors (Lipinski definition) is 6. The van der Waals surface area contributed by atoms with Gasteiger partial charge in [0.05, 0.1) is 23.8 Å². The van der Waals surface area contributed by atoms with Gasteiger partial charge in [0.15, 0.2) is 11.5 Å². The molecule has 2 bridgehead atoms. The molecule has 0 saturated carbocycles. The van der Waals surface area contributed by atoms with E-state index in [1.807, 2.05) is 4.90 Å². The molecular formula is C22H23F4N7O2. The Hall–Kier alpha value is -3.48. The van der Waals surface area contributed by atoms with Gasteiger partial charge in [0.1, 0.15) is 19.0 Å². The number of carbonyl (C=O) groups excluding carboxylic acids is 1. The summed E-state index contributed by atoms with van der Waals surface area (Å²) in [6.07, 6.45) is -1.10. The molecule has 2 saturated heterocycles. The monoisotopic (exact) mass is 493 g/mol. The highest BCUT2D eigenvalue weighted by Gasteiger charge is 2.36. The van der Waals surface area contributed by atoms with Gasteiger partial charge in [-0.3, -0.25) is 0 Å². The van der Waals surface area contributed by atoms with Crippen molar-refractivity contribution in [3.05, 3.63) is 30.5 Å². The maximum atomic E-state index is 13.2. The second-order valence-corrected chi connectivity index (χ2v) is 8.54. The van der Waals surface area contributed by atoms with E-state index in [9.17, 15) is 22.4 Å². The second-order valence-electron chi connectivity index (χ2n) is 8.54. The Morgan fingerprint density at radius 1 is 1.11 bits per heavy atom. The molecule has 186 valence electrons. The number of urea groups is 1. The van der Waals surface area contributed by atoms with Gasteiger partial charge in [0.2, 0.25) is 0 Å². The molecule has 0 spiro atoms. The maximum Gasteiger partial charge on any atom is 0.408 e. The molecule has 0 aliphatic carbocycles. The van der Waals surface area contributed by atoms with Gasteiger partial charge in [-0.25, -0.2) is 23.8 Å². The number of nitrogens with zero attached hydrogens (tertiary/aromatic N) is 5. The van der Waals surface area contributed by atoms with E-state index in [-0.39, 0.29) is 30.2 Å². The standard InChI is InChI=1S/C22H23F4N7O2/c23-7-8-27-21(34)29-14-3-1-13(2-4-14)18-30-19(32-10-15-5-6-16(11-32)35-15)17-9-28-33(20(17)31-18)12-22(24,25)26/h1-4,9,15-16H,5-8,10-12H2,(H2,27,29,34). The number of fused-ring (bicyclic) bond motifs is 3. The van der Waals surface area contributed by atoms with Gasteiger partial charge < -0.3 is 20.3 Å². The normalized spacial score (nSPS) is 19.8. The van der Waals surface area contributed by atoms with Gasteiger partial charge in [-0.05, 0) is 37.1 Å². The summed E-state index contributed by atoms with van der Waals surface area (Å²) in [5.74, 6) is 0.759. The largest absolute Gasteiger partial charge is 0.408 e. The first kappa shape index (κ1) is 23.3. The summed E-state index contributed by atoms with van der Waals surface area (Å²) in [7, 11) is 0. The summed E-state index contributed by atoms with van der Waals surface area (Å²) >= 11 is 0. The van der Waals surface area contributed by atoms with Crippen molar-refractivity contribution in [2.45, 2.75) is 37.8 Å². The van der Waals surface area contributed by atoms with Gasteiger partial charge in [0.25, 0.3) is 0 Å². The van der Waals surface area contributed by atoms with Gasteiger partial charge in [-0.2, -0.15) is 18.3 Å². The average Bonchev–Trinajstić information content (AvgIpc) is 3.38. The molecule has 9 nitrogen and oxygen atoms in total. The molecule has 35 heavy (non-hydrogen) atoms. The SMILES string of the molecule is O=C(NCCF)Nc1ccc(-c2nc(N3CC4CCC(C3)O4)c3cnn(CC(F)(F)F)c3n2)cc1. The molecule has 2 atom stereocenters. The van der Waals surface area contributed by atoms with Crippen molar-refractivity contribution in [1.82, 2.24) is 25.1 Å². The lowest BCUT2D eigenvalue weighted by atomic mass is 10.2. The van der Waals surface area contributed by atoms with Crippen LogP contribution in [0, 0.1) is 0 Å². The number of anilines is 2. The number of benzene rings is 1. The van der Waals surface area contributed by atoms with E-state index in [2.05, 4.69) is 20.7 Å². The van der Waals surface area contributed by atoms with E-state index < -0.39 is 25.4 Å². The van der Waals surface area contributed by atoms with E-state index in [4.69, 9.17) is 9.72 Å². The fourth-order valence-corrected chi connectivity index (χ4v) is 4.42. The van der Waals surface area contributed by atoms with Crippen molar-refractivity contribution in [3.63, 3.8) is 0 Å². The Bertz CT molecular complexity index is 1200. The average molecular weight is 493 g/mol. The Labute approximate surface area is 197 Å². The summed E-state index contributed by atoms with van der Waals surface area (Å²) in [5, 5.41) is 9.33.